The molecule has 0 atom stereocenters. The van der Waals surface area contributed by atoms with Crippen molar-refractivity contribution in [1.29, 1.82) is 0 Å². The summed E-state index contributed by atoms with van der Waals surface area (Å²) in [7, 11) is 1.43. The van der Waals surface area contributed by atoms with Crippen LogP contribution in [0.2, 0.25) is 0 Å². The lowest BCUT2D eigenvalue weighted by atomic mass is 10.1. The lowest BCUT2D eigenvalue weighted by Gasteiger charge is -2.09. The number of carboxylic acids is 1. The second kappa shape index (κ2) is 7.97. The van der Waals surface area contributed by atoms with Crippen LogP contribution in [0.15, 0.2) is 48.5 Å². The van der Waals surface area contributed by atoms with E-state index in [1.165, 1.54) is 25.3 Å². The fourth-order valence-electron chi connectivity index (χ4n) is 2.12. The topological polar surface area (TPSA) is 72.8 Å². The van der Waals surface area contributed by atoms with Crippen LogP contribution in [0.3, 0.4) is 0 Å². The fraction of sp³-hybridized carbons (Fsp3) is 0.158. The first-order valence-corrected chi connectivity index (χ1v) is 7.31. The first-order valence-electron chi connectivity index (χ1n) is 7.31. The predicted octanol–water partition coefficient (Wildman–Crippen LogP) is 3.36. The van der Waals surface area contributed by atoms with E-state index in [1.54, 1.807) is 12.1 Å². The molecule has 0 aliphatic rings. The van der Waals surface area contributed by atoms with Crippen molar-refractivity contribution in [3.8, 4) is 11.5 Å². The minimum Gasteiger partial charge on any atom is -0.493 e. The van der Waals surface area contributed by atoms with E-state index in [1.807, 2.05) is 31.2 Å². The highest BCUT2D eigenvalue weighted by Gasteiger charge is 2.10. The third-order valence-electron chi connectivity index (χ3n) is 3.27. The zero-order valence-corrected chi connectivity index (χ0v) is 13.5. The number of hydrogen-bond donors (Lipinski definition) is 1. The molecule has 0 aliphatic heterocycles. The van der Waals surface area contributed by atoms with E-state index >= 15 is 0 Å². The first-order chi connectivity index (χ1) is 11.5. The van der Waals surface area contributed by atoms with E-state index < -0.39 is 12.6 Å². The van der Waals surface area contributed by atoms with Gasteiger partial charge in [0.25, 0.3) is 0 Å². The summed E-state index contributed by atoms with van der Waals surface area (Å²) in [6.07, 6.45) is 3.23. The van der Waals surface area contributed by atoms with Gasteiger partial charge < -0.3 is 14.6 Å². The van der Waals surface area contributed by atoms with Crippen LogP contribution in [-0.4, -0.2) is 30.6 Å². The Hall–Kier alpha value is -3.08. The van der Waals surface area contributed by atoms with Crippen molar-refractivity contribution < 1.29 is 24.2 Å². The molecule has 0 heterocycles. The van der Waals surface area contributed by atoms with Crippen LogP contribution < -0.4 is 9.47 Å². The molecule has 0 aliphatic carbocycles. The summed E-state index contributed by atoms with van der Waals surface area (Å²) in [4.78, 5) is 22.8. The van der Waals surface area contributed by atoms with Crippen molar-refractivity contribution >= 4 is 17.8 Å². The van der Waals surface area contributed by atoms with E-state index in [0.29, 0.717) is 11.3 Å². The van der Waals surface area contributed by atoms with E-state index in [-0.39, 0.29) is 11.5 Å². The Labute approximate surface area is 140 Å². The quantitative estimate of drug-likeness (QED) is 0.624. The van der Waals surface area contributed by atoms with Crippen LogP contribution in [0.4, 0.5) is 0 Å². The largest absolute Gasteiger partial charge is 0.493 e. The van der Waals surface area contributed by atoms with Gasteiger partial charge in [-0.3, -0.25) is 4.79 Å². The van der Waals surface area contributed by atoms with Crippen LogP contribution in [0.1, 0.15) is 21.5 Å². The first kappa shape index (κ1) is 17.3. The number of carbonyl (C=O) groups excluding carboxylic acids is 1. The number of benzene rings is 2. The van der Waals surface area contributed by atoms with Crippen molar-refractivity contribution in [1.82, 2.24) is 0 Å². The summed E-state index contributed by atoms with van der Waals surface area (Å²) in [5.74, 6) is -0.678. The zero-order valence-electron chi connectivity index (χ0n) is 13.5. The summed E-state index contributed by atoms with van der Waals surface area (Å²) in [5, 5.41) is 8.65. The molecule has 0 amide bonds. The molecule has 5 nitrogen and oxygen atoms in total. The number of hydrogen-bond acceptors (Lipinski definition) is 4. The molecule has 0 fully saturated rings. The molecule has 0 saturated heterocycles. The third-order valence-corrected chi connectivity index (χ3v) is 3.27. The standard InChI is InChI=1S/C19H18O5/c1-13-4-3-5-14(10-13)6-8-16(20)15-7-9-17(18(11-15)23-2)24-12-19(21)22/h3-11H,12H2,1-2H3,(H,21,22)/b8-6+. The maximum Gasteiger partial charge on any atom is 0.341 e. The van der Waals surface area contributed by atoms with E-state index in [4.69, 9.17) is 14.6 Å². The smallest absolute Gasteiger partial charge is 0.341 e. The van der Waals surface area contributed by atoms with Gasteiger partial charge in [0.2, 0.25) is 0 Å². The Bertz CT molecular complexity index is 777. The zero-order chi connectivity index (χ0) is 17.5. The molecule has 2 aromatic rings. The molecule has 0 spiro atoms. The molecule has 5 heteroatoms. The summed E-state index contributed by atoms with van der Waals surface area (Å²) >= 11 is 0. The number of methoxy groups -OCH3 is 1. The number of aliphatic carboxylic acids is 1. The highest BCUT2D eigenvalue weighted by molar-refractivity contribution is 6.07. The van der Waals surface area contributed by atoms with E-state index in [9.17, 15) is 9.59 Å². The molecule has 2 rings (SSSR count). The molecule has 24 heavy (non-hydrogen) atoms. The Morgan fingerprint density at radius 1 is 1.12 bits per heavy atom. The Morgan fingerprint density at radius 3 is 2.58 bits per heavy atom. The van der Waals surface area contributed by atoms with Crippen LogP contribution in [0.5, 0.6) is 11.5 Å². The number of rotatable bonds is 7. The van der Waals surface area contributed by atoms with Crippen LogP contribution in [0, 0.1) is 6.92 Å². The van der Waals surface area contributed by atoms with Gasteiger partial charge in [-0.15, -0.1) is 0 Å². The Balaban J connectivity index is 2.16. The van der Waals surface area contributed by atoms with Crippen molar-refractivity contribution in [3.05, 3.63) is 65.2 Å². The summed E-state index contributed by atoms with van der Waals surface area (Å²) < 4.78 is 10.3. The van der Waals surface area contributed by atoms with Crippen molar-refractivity contribution in [2.45, 2.75) is 6.92 Å². The lowest BCUT2D eigenvalue weighted by molar-refractivity contribution is -0.139. The van der Waals surface area contributed by atoms with Gasteiger partial charge in [-0.1, -0.05) is 35.9 Å². The van der Waals surface area contributed by atoms with Gasteiger partial charge in [-0.2, -0.15) is 0 Å². The van der Waals surface area contributed by atoms with Crippen LogP contribution in [-0.2, 0) is 4.79 Å². The number of carbonyl (C=O) groups is 2. The number of ether oxygens (including phenoxy) is 2. The molecule has 0 aromatic heterocycles. The average molecular weight is 326 g/mol. The Morgan fingerprint density at radius 2 is 1.92 bits per heavy atom. The van der Waals surface area contributed by atoms with E-state index in [0.717, 1.165) is 11.1 Å². The second-order valence-electron chi connectivity index (χ2n) is 5.16. The van der Waals surface area contributed by atoms with Gasteiger partial charge in [-0.05, 0) is 36.8 Å². The Kier molecular flexibility index (Phi) is 5.73. The minimum atomic E-state index is -1.08. The lowest BCUT2D eigenvalue weighted by Crippen LogP contribution is -2.10. The number of carboxylic acid groups (broad SMARTS) is 1. The van der Waals surface area contributed by atoms with Gasteiger partial charge in [0.15, 0.2) is 23.9 Å². The molecule has 124 valence electrons. The number of ketones is 1. The molecular formula is C19H18O5. The third kappa shape index (κ3) is 4.71. The average Bonchev–Trinajstić information content (AvgIpc) is 2.57. The van der Waals surface area contributed by atoms with Crippen molar-refractivity contribution in [3.63, 3.8) is 0 Å². The highest BCUT2D eigenvalue weighted by Crippen LogP contribution is 2.28. The van der Waals surface area contributed by atoms with Crippen LogP contribution >= 0.6 is 0 Å². The fourth-order valence-corrected chi connectivity index (χ4v) is 2.12. The minimum absolute atomic E-state index is 0.181. The molecule has 2 aromatic carbocycles. The SMILES string of the molecule is COc1cc(C(=O)/C=C/c2cccc(C)c2)ccc1OCC(=O)O. The molecule has 0 bridgehead atoms. The second-order valence-corrected chi connectivity index (χ2v) is 5.16. The van der Waals surface area contributed by atoms with Crippen molar-refractivity contribution in [2.75, 3.05) is 13.7 Å². The van der Waals surface area contributed by atoms with Crippen LogP contribution in [0.25, 0.3) is 6.08 Å². The molecule has 0 unspecified atom stereocenters. The molecule has 1 N–H and O–H groups in total. The van der Waals surface area contributed by atoms with Gasteiger partial charge in [0.05, 0.1) is 7.11 Å². The van der Waals surface area contributed by atoms with E-state index in [2.05, 4.69) is 0 Å². The van der Waals surface area contributed by atoms with Gasteiger partial charge in [0, 0.05) is 5.56 Å². The summed E-state index contributed by atoms with van der Waals surface area (Å²) in [6.45, 7) is 1.51. The normalized spacial score (nSPS) is 10.6. The highest BCUT2D eigenvalue weighted by atomic mass is 16.5. The number of allylic oxidation sites excluding steroid dienone is 1. The van der Waals surface area contributed by atoms with Crippen molar-refractivity contribution in [2.24, 2.45) is 0 Å². The molecule has 0 radical (unpaired) electrons. The van der Waals surface area contributed by atoms with Gasteiger partial charge >= 0.3 is 5.97 Å². The molecule has 0 saturated carbocycles. The monoisotopic (exact) mass is 326 g/mol. The summed E-state index contributed by atoms with van der Waals surface area (Å²) in [6, 6.07) is 12.4. The maximum absolute atomic E-state index is 12.3. The van der Waals surface area contributed by atoms with Gasteiger partial charge in [0.1, 0.15) is 0 Å². The summed E-state index contributed by atoms with van der Waals surface area (Å²) in [5.41, 5.74) is 2.49. The van der Waals surface area contributed by atoms with Gasteiger partial charge in [-0.25, -0.2) is 4.79 Å². The number of aryl methyl sites for hydroxylation is 1. The maximum atomic E-state index is 12.3. The predicted molar refractivity (Wildman–Crippen MR) is 90.7 cm³/mol. The molecular weight excluding hydrogens is 308 g/mol.